The molecule has 0 atom stereocenters. The van der Waals surface area contributed by atoms with E-state index in [2.05, 4.69) is 5.32 Å². The molecule has 90 valence electrons. The number of nitriles is 1. The Bertz CT molecular complexity index is 443. The summed E-state index contributed by atoms with van der Waals surface area (Å²) in [6.07, 6.45) is 0. The minimum absolute atomic E-state index is 0.0741. The maximum atomic E-state index is 12.9. The molecule has 0 unspecified atom stereocenters. The first-order valence-electron chi connectivity index (χ1n) is 4.92. The molecule has 5 nitrogen and oxygen atoms in total. The first kappa shape index (κ1) is 12.9. The molecule has 0 aromatic heterocycles. The normalized spacial score (nSPS) is 9.47. The molecular formula is C11H12FN3O2. The molecule has 0 spiro atoms. The lowest BCUT2D eigenvalue weighted by atomic mass is 10.2. The van der Waals surface area contributed by atoms with Gasteiger partial charge in [-0.05, 0) is 18.2 Å². The van der Waals surface area contributed by atoms with Crippen molar-refractivity contribution in [3.8, 4) is 11.8 Å². The van der Waals surface area contributed by atoms with Gasteiger partial charge in [-0.15, -0.1) is 0 Å². The first-order valence-corrected chi connectivity index (χ1v) is 4.92. The molecule has 1 aromatic carbocycles. The second-order valence-corrected chi connectivity index (χ2v) is 3.18. The van der Waals surface area contributed by atoms with Crippen molar-refractivity contribution in [2.24, 2.45) is 5.73 Å². The summed E-state index contributed by atoms with van der Waals surface area (Å²) in [6, 6.07) is 5.66. The molecule has 0 radical (unpaired) electrons. The summed E-state index contributed by atoms with van der Waals surface area (Å²) in [5, 5.41) is 10.6. The topological polar surface area (TPSA) is 88.1 Å². The second-order valence-electron chi connectivity index (χ2n) is 3.18. The SMILES string of the molecule is N#CCNC(=O)COc1ccc(F)cc1CN. The van der Waals surface area contributed by atoms with Gasteiger partial charge in [0.1, 0.15) is 18.1 Å². The third-order valence-corrected chi connectivity index (χ3v) is 1.97. The van der Waals surface area contributed by atoms with Crippen LogP contribution in [0.5, 0.6) is 5.75 Å². The number of nitrogens with one attached hydrogen (secondary N) is 1. The first-order chi connectivity index (χ1) is 8.17. The Kier molecular flexibility index (Phi) is 4.91. The third kappa shape index (κ3) is 4.09. The maximum absolute atomic E-state index is 12.9. The quantitative estimate of drug-likeness (QED) is 0.721. The summed E-state index contributed by atoms with van der Waals surface area (Å²) in [4.78, 5) is 11.1. The van der Waals surface area contributed by atoms with E-state index in [0.29, 0.717) is 11.3 Å². The van der Waals surface area contributed by atoms with Gasteiger partial charge in [0.2, 0.25) is 0 Å². The summed E-state index contributed by atoms with van der Waals surface area (Å²) >= 11 is 0. The van der Waals surface area contributed by atoms with Crippen LogP contribution >= 0.6 is 0 Å². The third-order valence-electron chi connectivity index (χ3n) is 1.97. The number of amides is 1. The predicted octanol–water partition coefficient (Wildman–Crippen LogP) is 0.303. The van der Waals surface area contributed by atoms with Crippen molar-refractivity contribution >= 4 is 5.91 Å². The fourth-order valence-electron chi connectivity index (χ4n) is 1.18. The van der Waals surface area contributed by atoms with Crippen molar-refractivity contribution in [3.05, 3.63) is 29.6 Å². The summed E-state index contributed by atoms with van der Waals surface area (Å²) in [6.45, 7) is -0.192. The Balaban J connectivity index is 2.57. The van der Waals surface area contributed by atoms with Gasteiger partial charge >= 0.3 is 0 Å². The molecule has 17 heavy (non-hydrogen) atoms. The standard InChI is InChI=1S/C11H12FN3O2/c12-9-1-2-10(8(5-9)6-14)17-7-11(16)15-4-3-13/h1-2,5H,4,6-7,14H2,(H,15,16). The van der Waals surface area contributed by atoms with Crippen molar-refractivity contribution in [2.75, 3.05) is 13.2 Å². The average molecular weight is 237 g/mol. The van der Waals surface area contributed by atoms with Crippen LogP contribution < -0.4 is 15.8 Å². The van der Waals surface area contributed by atoms with Crippen LogP contribution in [0.1, 0.15) is 5.56 Å². The van der Waals surface area contributed by atoms with Crippen LogP contribution in [0.25, 0.3) is 0 Å². The molecule has 6 heteroatoms. The van der Waals surface area contributed by atoms with Gasteiger partial charge in [-0.1, -0.05) is 0 Å². The van der Waals surface area contributed by atoms with Crippen LogP contribution in [0.3, 0.4) is 0 Å². The molecular weight excluding hydrogens is 225 g/mol. The van der Waals surface area contributed by atoms with E-state index >= 15 is 0 Å². The van der Waals surface area contributed by atoms with E-state index < -0.39 is 11.7 Å². The van der Waals surface area contributed by atoms with Gasteiger partial charge in [-0.3, -0.25) is 4.79 Å². The molecule has 0 fully saturated rings. The molecule has 1 rings (SSSR count). The Morgan fingerprint density at radius 3 is 3.00 bits per heavy atom. The number of carbonyl (C=O) groups is 1. The molecule has 1 aromatic rings. The highest BCUT2D eigenvalue weighted by Crippen LogP contribution is 2.18. The lowest BCUT2D eigenvalue weighted by molar-refractivity contribution is -0.122. The molecule has 0 heterocycles. The van der Waals surface area contributed by atoms with Crippen LogP contribution in [-0.2, 0) is 11.3 Å². The van der Waals surface area contributed by atoms with E-state index in [1.807, 2.05) is 0 Å². The molecule has 0 aliphatic carbocycles. The molecule has 1 amide bonds. The minimum atomic E-state index is -0.418. The maximum Gasteiger partial charge on any atom is 0.258 e. The number of hydrogen-bond acceptors (Lipinski definition) is 4. The highest BCUT2D eigenvalue weighted by Gasteiger charge is 2.06. The van der Waals surface area contributed by atoms with Gasteiger partial charge in [0.25, 0.3) is 5.91 Å². The molecule has 0 saturated heterocycles. The van der Waals surface area contributed by atoms with Crippen molar-refractivity contribution in [1.29, 1.82) is 5.26 Å². The Morgan fingerprint density at radius 2 is 2.35 bits per heavy atom. The lowest BCUT2D eigenvalue weighted by Gasteiger charge is -2.09. The smallest absolute Gasteiger partial charge is 0.258 e. The molecule has 0 aliphatic rings. The van der Waals surface area contributed by atoms with Gasteiger partial charge in [-0.2, -0.15) is 5.26 Å². The molecule has 0 bridgehead atoms. The number of carbonyl (C=O) groups excluding carboxylic acids is 1. The zero-order chi connectivity index (χ0) is 12.7. The van der Waals surface area contributed by atoms with Gasteiger partial charge < -0.3 is 15.8 Å². The summed E-state index contributed by atoms with van der Waals surface area (Å²) in [7, 11) is 0. The Morgan fingerprint density at radius 1 is 1.59 bits per heavy atom. The molecule has 0 saturated carbocycles. The fraction of sp³-hybridized carbons (Fsp3) is 0.273. The summed E-state index contributed by atoms with van der Waals surface area (Å²) in [5.41, 5.74) is 5.90. The van der Waals surface area contributed by atoms with Crippen molar-refractivity contribution in [3.63, 3.8) is 0 Å². The van der Waals surface area contributed by atoms with Gasteiger partial charge in [-0.25, -0.2) is 4.39 Å². The van der Waals surface area contributed by atoms with Crippen LogP contribution in [0.2, 0.25) is 0 Å². The number of benzene rings is 1. The van der Waals surface area contributed by atoms with E-state index in [4.69, 9.17) is 15.7 Å². The predicted molar refractivity (Wildman–Crippen MR) is 58.4 cm³/mol. The van der Waals surface area contributed by atoms with Gasteiger partial charge in [0.05, 0.1) is 6.07 Å². The number of nitrogens with two attached hydrogens (primary N) is 1. The minimum Gasteiger partial charge on any atom is -0.483 e. The van der Waals surface area contributed by atoms with E-state index in [0.717, 1.165) is 0 Å². The highest BCUT2D eigenvalue weighted by atomic mass is 19.1. The number of nitrogens with zero attached hydrogens (tertiary/aromatic N) is 1. The van der Waals surface area contributed by atoms with Crippen LogP contribution in [0.4, 0.5) is 4.39 Å². The number of rotatable bonds is 5. The monoisotopic (exact) mass is 237 g/mol. The van der Waals surface area contributed by atoms with Crippen molar-refractivity contribution in [1.82, 2.24) is 5.32 Å². The molecule has 0 aliphatic heterocycles. The zero-order valence-corrected chi connectivity index (χ0v) is 9.07. The largest absolute Gasteiger partial charge is 0.483 e. The average Bonchev–Trinajstić information content (AvgIpc) is 2.34. The highest BCUT2D eigenvalue weighted by molar-refractivity contribution is 5.77. The Hall–Kier alpha value is -2.13. The Labute approximate surface area is 98.0 Å². The fourth-order valence-corrected chi connectivity index (χ4v) is 1.18. The van der Waals surface area contributed by atoms with Crippen LogP contribution in [0.15, 0.2) is 18.2 Å². The number of halogens is 1. The number of hydrogen-bond donors (Lipinski definition) is 2. The summed E-state index contributed by atoms with van der Waals surface area (Å²) < 4.78 is 18.0. The van der Waals surface area contributed by atoms with Crippen molar-refractivity contribution < 1.29 is 13.9 Å². The van der Waals surface area contributed by atoms with E-state index in [1.165, 1.54) is 18.2 Å². The van der Waals surface area contributed by atoms with Gasteiger partial charge in [0.15, 0.2) is 6.61 Å². The zero-order valence-electron chi connectivity index (χ0n) is 9.07. The lowest BCUT2D eigenvalue weighted by Crippen LogP contribution is -2.29. The van der Waals surface area contributed by atoms with E-state index in [-0.39, 0.29) is 19.7 Å². The van der Waals surface area contributed by atoms with Crippen LogP contribution in [0, 0.1) is 17.1 Å². The second kappa shape index (κ2) is 6.45. The van der Waals surface area contributed by atoms with E-state index in [1.54, 1.807) is 6.07 Å². The van der Waals surface area contributed by atoms with Crippen LogP contribution in [-0.4, -0.2) is 19.1 Å². The molecule has 3 N–H and O–H groups in total. The number of ether oxygens (including phenoxy) is 1. The van der Waals surface area contributed by atoms with E-state index in [9.17, 15) is 9.18 Å². The van der Waals surface area contributed by atoms with Crippen molar-refractivity contribution in [2.45, 2.75) is 6.54 Å². The van der Waals surface area contributed by atoms with Gasteiger partial charge in [0, 0.05) is 12.1 Å². The summed E-state index contributed by atoms with van der Waals surface area (Å²) in [5.74, 6) is -0.466.